The molecule has 2 aromatic heterocycles. The third kappa shape index (κ3) is 5.80. The summed E-state index contributed by atoms with van der Waals surface area (Å²) in [5, 5.41) is 21.4. The van der Waals surface area contributed by atoms with Gasteiger partial charge in [-0.2, -0.15) is 13.2 Å². The lowest BCUT2D eigenvalue weighted by molar-refractivity contribution is -0.192. The standard InChI is InChI=1S/C17H18N4OS.C2HF3O2/c22-15-3-1-4-16-14(15)9-13(23-16)11-21-8-5-12(10-21)20-17-18-6-2-7-19-17;3-2(4,5)1(6)7/h1-4,6-7,9,12,22H,5,8,10-11H2,(H,18,19,20);(H,6,7). The first-order chi connectivity index (χ1) is 14.2. The molecule has 3 N–H and O–H groups in total. The molecular formula is C19H19F3N4O3S. The molecule has 0 aliphatic carbocycles. The van der Waals surface area contributed by atoms with Crippen LogP contribution in [-0.4, -0.2) is 56.4 Å². The van der Waals surface area contributed by atoms with Crippen molar-refractivity contribution in [2.45, 2.75) is 25.2 Å². The van der Waals surface area contributed by atoms with Gasteiger partial charge in [0.25, 0.3) is 0 Å². The van der Waals surface area contributed by atoms with Crippen LogP contribution >= 0.6 is 11.3 Å². The van der Waals surface area contributed by atoms with Crippen molar-refractivity contribution in [3.63, 3.8) is 0 Å². The average Bonchev–Trinajstić information content (AvgIpc) is 3.30. The first-order valence-corrected chi connectivity index (χ1v) is 9.80. The van der Waals surface area contributed by atoms with Crippen LogP contribution < -0.4 is 5.32 Å². The number of hydrogen-bond donors (Lipinski definition) is 3. The number of halogens is 3. The molecular weight excluding hydrogens is 421 g/mol. The van der Waals surface area contributed by atoms with Gasteiger partial charge in [-0.05, 0) is 30.7 Å². The zero-order valence-electron chi connectivity index (χ0n) is 15.6. The van der Waals surface area contributed by atoms with Gasteiger partial charge in [0.1, 0.15) is 5.75 Å². The van der Waals surface area contributed by atoms with Gasteiger partial charge >= 0.3 is 12.1 Å². The number of carboxylic acid groups (broad SMARTS) is 1. The molecule has 4 rings (SSSR count). The lowest BCUT2D eigenvalue weighted by atomic mass is 10.2. The summed E-state index contributed by atoms with van der Waals surface area (Å²) >= 11 is 1.76. The normalized spacial score (nSPS) is 16.8. The number of nitrogens with one attached hydrogen (secondary N) is 1. The molecule has 0 spiro atoms. The SMILES string of the molecule is O=C(O)C(F)(F)F.Oc1cccc2sc(CN3CCC(Nc4ncccn4)C3)cc12. The molecule has 1 aliphatic heterocycles. The summed E-state index contributed by atoms with van der Waals surface area (Å²) in [6.07, 6.45) is -0.480. The quantitative estimate of drug-likeness (QED) is 0.569. The number of rotatable bonds is 4. The Labute approximate surface area is 173 Å². The Balaban J connectivity index is 0.000000318. The number of phenolic OH excluding ortho intramolecular Hbond substituents is 1. The fraction of sp³-hybridized carbons (Fsp3) is 0.316. The number of likely N-dealkylation sites (tertiary alicyclic amines) is 1. The number of thiophene rings is 1. The number of aromatic nitrogens is 2. The maximum Gasteiger partial charge on any atom is 0.490 e. The third-order valence-corrected chi connectivity index (χ3v) is 5.47. The Bertz CT molecular complexity index is 998. The molecule has 1 aliphatic rings. The van der Waals surface area contributed by atoms with Crippen LogP contribution in [0, 0.1) is 0 Å². The molecule has 0 bridgehead atoms. The predicted octanol–water partition coefficient (Wildman–Crippen LogP) is 3.72. The average molecular weight is 440 g/mol. The molecule has 0 amide bonds. The van der Waals surface area contributed by atoms with E-state index in [1.165, 1.54) is 4.88 Å². The number of benzene rings is 1. The van der Waals surface area contributed by atoms with Gasteiger partial charge in [-0.15, -0.1) is 11.3 Å². The van der Waals surface area contributed by atoms with Crippen molar-refractivity contribution in [1.29, 1.82) is 0 Å². The Morgan fingerprint density at radius 1 is 1.27 bits per heavy atom. The van der Waals surface area contributed by atoms with Crippen molar-refractivity contribution in [2.75, 3.05) is 18.4 Å². The molecule has 1 saturated heterocycles. The summed E-state index contributed by atoms with van der Waals surface area (Å²) in [6, 6.07) is 10.0. The van der Waals surface area contributed by atoms with Crippen molar-refractivity contribution in [2.24, 2.45) is 0 Å². The molecule has 7 nitrogen and oxygen atoms in total. The molecule has 0 radical (unpaired) electrons. The number of alkyl halides is 3. The predicted molar refractivity (Wildman–Crippen MR) is 107 cm³/mol. The Morgan fingerprint density at radius 3 is 2.60 bits per heavy atom. The minimum atomic E-state index is -5.08. The lowest BCUT2D eigenvalue weighted by Crippen LogP contribution is -2.26. The summed E-state index contributed by atoms with van der Waals surface area (Å²) < 4.78 is 32.9. The fourth-order valence-corrected chi connectivity index (χ4v) is 4.17. The van der Waals surface area contributed by atoms with E-state index in [4.69, 9.17) is 9.90 Å². The number of carboxylic acids is 1. The van der Waals surface area contributed by atoms with E-state index in [2.05, 4.69) is 32.3 Å². The van der Waals surface area contributed by atoms with E-state index < -0.39 is 12.1 Å². The minimum absolute atomic E-state index is 0.368. The van der Waals surface area contributed by atoms with E-state index in [1.807, 2.05) is 12.1 Å². The van der Waals surface area contributed by atoms with Crippen LogP contribution in [-0.2, 0) is 11.3 Å². The highest BCUT2D eigenvalue weighted by Gasteiger charge is 2.38. The highest BCUT2D eigenvalue weighted by Crippen LogP contribution is 2.33. The number of aromatic hydroxyl groups is 1. The van der Waals surface area contributed by atoms with Gasteiger partial charge in [-0.3, -0.25) is 4.90 Å². The molecule has 3 heterocycles. The van der Waals surface area contributed by atoms with Crippen LogP contribution in [0.2, 0.25) is 0 Å². The maximum atomic E-state index is 10.6. The zero-order chi connectivity index (χ0) is 21.7. The number of nitrogens with zero attached hydrogens (tertiary/aromatic N) is 3. The monoisotopic (exact) mass is 440 g/mol. The first kappa shape index (κ1) is 21.8. The van der Waals surface area contributed by atoms with Crippen molar-refractivity contribution in [3.05, 3.63) is 47.6 Å². The Morgan fingerprint density at radius 2 is 1.97 bits per heavy atom. The molecule has 1 unspecified atom stereocenters. The molecule has 3 aromatic rings. The molecule has 11 heteroatoms. The second kappa shape index (κ2) is 9.26. The van der Waals surface area contributed by atoms with Crippen LogP contribution in [0.3, 0.4) is 0 Å². The van der Waals surface area contributed by atoms with E-state index in [-0.39, 0.29) is 0 Å². The van der Waals surface area contributed by atoms with Gasteiger partial charge in [0.2, 0.25) is 5.95 Å². The van der Waals surface area contributed by atoms with E-state index in [0.29, 0.717) is 17.7 Å². The number of phenols is 1. The number of aliphatic carboxylic acids is 1. The Kier molecular flexibility index (Phi) is 6.73. The maximum absolute atomic E-state index is 10.6. The molecule has 1 atom stereocenters. The summed E-state index contributed by atoms with van der Waals surface area (Å²) in [4.78, 5) is 21.1. The zero-order valence-corrected chi connectivity index (χ0v) is 16.5. The van der Waals surface area contributed by atoms with Gasteiger partial charge in [0, 0.05) is 53.0 Å². The van der Waals surface area contributed by atoms with Crippen molar-refractivity contribution < 1.29 is 28.2 Å². The number of fused-ring (bicyclic) bond motifs is 1. The van der Waals surface area contributed by atoms with Crippen LogP contribution in [0.15, 0.2) is 42.7 Å². The molecule has 1 aromatic carbocycles. The first-order valence-electron chi connectivity index (χ1n) is 8.99. The van der Waals surface area contributed by atoms with Gasteiger partial charge in [0.05, 0.1) is 0 Å². The minimum Gasteiger partial charge on any atom is -0.507 e. The van der Waals surface area contributed by atoms with Crippen molar-refractivity contribution in [3.8, 4) is 5.75 Å². The van der Waals surface area contributed by atoms with Gasteiger partial charge in [-0.1, -0.05) is 6.07 Å². The van der Waals surface area contributed by atoms with Crippen LogP contribution in [0.1, 0.15) is 11.3 Å². The van der Waals surface area contributed by atoms with E-state index in [1.54, 1.807) is 29.8 Å². The molecule has 0 saturated carbocycles. The van der Waals surface area contributed by atoms with Gasteiger partial charge in [-0.25, -0.2) is 14.8 Å². The Hall–Kier alpha value is -2.92. The van der Waals surface area contributed by atoms with Crippen LogP contribution in [0.4, 0.5) is 19.1 Å². The summed E-state index contributed by atoms with van der Waals surface area (Å²) in [5.41, 5.74) is 0. The molecule has 1 fully saturated rings. The second-order valence-electron chi connectivity index (χ2n) is 6.64. The van der Waals surface area contributed by atoms with E-state index in [9.17, 15) is 18.3 Å². The molecule has 160 valence electrons. The van der Waals surface area contributed by atoms with Crippen LogP contribution in [0.25, 0.3) is 10.1 Å². The highest BCUT2D eigenvalue weighted by molar-refractivity contribution is 7.19. The van der Waals surface area contributed by atoms with Gasteiger partial charge < -0.3 is 15.5 Å². The van der Waals surface area contributed by atoms with E-state index in [0.717, 1.165) is 36.1 Å². The smallest absolute Gasteiger partial charge is 0.490 e. The number of carbonyl (C=O) groups is 1. The highest BCUT2D eigenvalue weighted by atomic mass is 32.1. The van der Waals surface area contributed by atoms with Crippen LogP contribution in [0.5, 0.6) is 5.75 Å². The second-order valence-corrected chi connectivity index (χ2v) is 7.81. The molecule has 30 heavy (non-hydrogen) atoms. The summed E-state index contributed by atoms with van der Waals surface area (Å²) in [6.45, 7) is 2.97. The summed E-state index contributed by atoms with van der Waals surface area (Å²) in [5.74, 6) is -1.69. The van der Waals surface area contributed by atoms with E-state index >= 15 is 0 Å². The lowest BCUT2D eigenvalue weighted by Gasteiger charge is -2.15. The van der Waals surface area contributed by atoms with Crippen molar-refractivity contribution in [1.82, 2.24) is 14.9 Å². The summed E-state index contributed by atoms with van der Waals surface area (Å²) in [7, 11) is 0. The number of hydrogen-bond acceptors (Lipinski definition) is 7. The topological polar surface area (TPSA) is 98.6 Å². The largest absolute Gasteiger partial charge is 0.507 e. The fourth-order valence-electron chi connectivity index (χ4n) is 3.05. The number of anilines is 1. The third-order valence-electron chi connectivity index (χ3n) is 4.38. The van der Waals surface area contributed by atoms with Crippen molar-refractivity contribution >= 4 is 33.3 Å². The van der Waals surface area contributed by atoms with Gasteiger partial charge in [0.15, 0.2) is 0 Å².